The normalized spacial score (nSPS) is 19.0. The van der Waals surface area contributed by atoms with E-state index >= 15 is 0 Å². The van der Waals surface area contributed by atoms with Gasteiger partial charge in [0.15, 0.2) is 9.84 Å². The number of aromatic nitrogens is 2. The number of pyridine rings is 1. The van der Waals surface area contributed by atoms with Crippen LogP contribution in [0.25, 0.3) is 5.65 Å². The number of halogens is 2. The zero-order chi connectivity index (χ0) is 20.9. The van der Waals surface area contributed by atoms with E-state index in [1.165, 1.54) is 12.1 Å². The van der Waals surface area contributed by atoms with Gasteiger partial charge in [-0.1, -0.05) is 0 Å². The second-order valence-electron chi connectivity index (χ2n) is 7.80. The highest BCUT2D eigenvalue weighted by Crippen LogP contribution is 2.39. The predicted molar refractivity (Wildman–Crippen MR) is 101 cm³/mol. The monoisotopic (exact) mass is 414 g/mol. The van der Waals surface area contributed by atoms with E-state index in [1.807, 2.05) is 0 Å². The summed E-state index contributed by atoms with van der Waals surface area (Å²) in [5.74, 6) is -3.73. The van der Waals surface area contributed by atoms with Crippen LogP contribution in [-0.2, 0) is 16.3 Å². The molecule has 0 radical (unpaired) electrons. The number of hydrogen-bond acceptors (Lipinski definition) is 4. The Labute approximate surface area is 162 Å². The Morgan fingerprint density at radius 3 is 2.50 bits per heavy atom. The van der Waals surface area contributed by atoms with Gasteiger partial charge in [-0.2, -0.15) is 0 Å². The molecule has 1 atom stereocenters. The summed E-state index contributed by atoms with van der Waals surface area (Å²) >= 11 is 0. The number of sulfone groups is 1. The summed E-state index contributed by atoms with van der Waals surface area (Å²) in [6.45, 7) is 3.28. The highest BCUT2D eigenvalue weighted by molar-refractivity contribution is 7.90. The van der Waals surface area contributed by atoms with Crippen molar-refractivity contribution < 1.29 is 27.1 Å². The van der Waals surface area contributed by atoms with Crippen molar-refractivity contribution in [3.63, 3.8) is 0 Å². The van der Waals surface area contributed by atoms with Gasteiger partial charge in [0.1, 0.15) is 10.9 Å². The third-order valence-electron chi connectivity index (χ3n) is 5.62. The maximum Gasteiger partial charge on any atom is 0.335 e. The summed E-state index contributed by atoms with van der Waals surface area (Å²) in [5, 5.41) is 8.41. The molecule has 6 nitrogen and oxygen atoms in total. The fraction of sp³-hybridized carbons (Fsp3) is 0.579. The Morgan fingerprint density at radius 2 is 1.96 bits per heavy atom. The topological polar surface area (TPSA) is 88.7 Å². The summed E-state index contributed by atoms with van der Waals surface area (Å²) in [5.41, 5.74) is 2.07. The van der Waals surface area contributed by atoms with Crippen LogP contribution in [-0.4, -0.2) is 41.1 Å². The molecule has 0 amide bonds. The van der Waals surface area contributed by atoms with Crippen molar-refractivity contribution in [2.75, 3.05) is 6.26 Å². The number of nitrogens with zero attached hydrogens (tertiary/aromatic N) is 2. The van der Waals surface area contributed by atoms with Crippen molar-refractivity contribution in [2.24, 2.45) is 5.92 Å². The second-order valence-corrected chi connectivity index (χ2v) is 10.2. The van der Waals surface area contributed by atoms with Gasteiger partial charge in [-0.05, 0) is 51.2 Å². The maximum atomic E-state index is 13.5. The molecule has 1 unspecified atom stereocenters. The number of fused-ring (bicyclic) bond motifs is 1. The van der Waals surface area contributed by atoms with Crippen LogP contribution in [0, 0.1) is 12.8 Å². The lowest BCUT2D eigenvalue weighted by Crippen LogP contribution is -2.26. The number of aromatic carboxylic acids is 1. The molecule has 1 aliphatic rings. The highest BCUT2D eigenvalue weighted by atomic mass is 32.2. The largest absolute Gasteiger partial charge is 0.478 e. The number of alkyl halides is 2. The highest BCUT2D eigenvalue weighted by Gasteiger charge is 2.36. The van der Waals surface area contributed by atoms with Gasteiger partial charge in [-0.25, -0.2) is 27.0 Å². The Kier molecular flexibility index (Phi) is 5.24. The van der Waals surface area contributed by atoms with Gasteiger partial charge in [0, 0.05) is 30.5 Å². The number of rotatable bonds is 5. The minimum atomic E-state index is -3.44. The van der Waals surface area contributed by atoms with E-state index in [-0.39, 0.29) is 24.3 Å². The zero-order valence-electron chi connectivity index (χ0n) is 16.1. The van der Waals surface area contributed by atoms with Crippen LogP contribution in [0.3, 0.4) is 0 Å². The molecule has 0 aromatic carbocycles. The van der Waals surface area contributed by atoms with Crippen LogP contribution in [0.4, 0.5) is 8.78 Å². The zero-order valence-corrected chi connectivity index (χ0v) is 16.9. The van der Waals surface area contributed by atoms with E-state index in [0.29, 0.717) is 42.0 Å². The van der Waals surface area contributed by atoms with Gasteiger partial charge in [0.25, 0.3) is 0 Å². The van der Waals surface area contributed by atoms with Crippen molar-refractivity contribution in [2.45, 2.75) is 57.1 Å². The first-order chi connectivity index (χ1) is 12.9. The van der Waals surface area contributed by atoms with Crippen molar-refractivity contribution >= 4 is 21.5 Å². The number of hydrogen-bond donors (Lipinski definition) is 1. The number of carbonyl (C=O) groups is 1. The predicted octanol–water partition coefficient (Wildman–Crippen LogP) is 3.81. The maximum absolute atomic E-state index is 13.5. The fourth-order valence-electron chi connectivity index (χ4n) is 3.88. The van der Waals surface area contributed by atoms with Crippen molar-refractivity contribution in [3.05, 3.63) is 34.8 Å². The molecule has 1 saturated carbocycles. The smallest absolute Gasteiger partial charge is 0.335 e. The molecule has 0 bridgehead atoms. The minimum absolute atomic E-state index is 0.00332. The van der Waals surface area contributed by atoms with E-state index in [9.17, 15) is 27.1 Å². The summed E-state index contributed by atoms with van der Waals surface area (Å²) in [6.07, 6.45) is 1.93. The van der Waals surface area contributed by atoms with Gasteiger partial charge in [-0.3, -0.25) is 0 Å². The second kappa shape index (κ2) is 7.09. The van der Waals surface area contributed by atoms with Crippen LogP contribution in [0.2, 0.25) is 0 Å². The molecule has 3 rings (SSSR count). The Morgan fingerprint density at radius 1 is 1.36 bits per heavy atom. The van der Waals surface area contributed by atoms with E-state index in [2.05, 4.69) is 4.98 Å². The first kappa shape index (κ1) is 20.7. The Balaban J connectivity index is 2.11. The Hall–Kier alpha value is -2.03. The molecule has 154 valence electrons. The van der Waals surface area contributed by atoms with Crippen molar-refractivity contribution in [1.29, 1.82) is 0 Å². The van der Waals surface area contributed by atoms with E-state index < -0.39 is 27.0 Å². The van der Waals surface area contributed by atoms with Gasteiger partial charge in [0.05, 0.1) is 11.3 Å². The summed E-state index contributed by atoms with van der Waals surface area (Å²) in [4.78, 5) is 15.8. The van der Waals surface area contributed by atoms with Crippen LogP contribution in [0.5, 0.6) is 0 Å². The minimum Gasteiger partial charge on any atom is -0.478 e. The molecule has 28 heavy (non-hydrogen) atoms. The first-order valence-corrected chi connectivity index (χ1v) is 11.2. The molecule has 9 heteroatoms. The summed E-state index contributed by atoms with van der Waals surface area (Å²) < 4.78 is 53.1. The Bertz CT molecular complexity index is 1020. The number of imidazole rings is 1. The fourth-order valence-corrected chi connectivity index (χ4v) is 4.47. The van der Waals surface area contributed by atoms with Crippen molar-refractivity contribution in [1.82, 2.24) is 9.38 Å². The van der Waals surface area contributed by atoms with E-state index in [1.54, 1.807) is 18.2 Å². The van der Waals surface area contributed by atoms with Gasteiger partial charge in [-0.15, -0.1) is 0 Å². The third kappa shape index (κ3) is 4.04. The van der Waals surface area contributed by atoms with Crippen LogP contribution >= 0.6 is 0 Å². The quantitative estimate of drug-likeness (QED) is 0.804. The summed E-state index contributed by atoms with van der Waals surface area (Å²) in [6, 6.07) is 2.91. The molecular weight excluding hydrogens is 390 g/mol. The number of carboxylic acids is 1. The van der Waals surface area contributed by atoms with E-state index in [0.717, 1.165) is 6.26 Å². The lowest BCUT2D eigenvalue weighted by atomic mass is 9.83. The molecule has 0 saturated heterocycles. The standard InChI is InChI=1S/C19H24F2N2O4S/c1-11-8-14(18(24)25)10-16-22-17(12(2)28(3,26)27)15(23(11)16)9-13-4-6-19(20,21)7-5-13/h8,10,12-13H,4-7,9H2,1-3H3,(H,24,25). The molecule has 1 N–H and O–H groups in total. The SMILES string of the molecule is Cc1cc(C(=O)O)cc2nc(C(C)S(C)(=O)=O)c(CC3CCC(F)(F)CC3)n12. The molecule has 2 aromatic heterocycles. The van der Waals surface area contributed by atoms with Gasteiger partial charge < -0.3 is 9.51 Å². The molecule has 0 spiro atoms. The third-order valence-corrected chi connectivity index (χ3v) is 7.13. The average Bonchev–Trinajstić information content (AvgIpc) is 2.93. The number of carboxylic acid groups (broad SMARTS) is 1. The molecule has 2 heterocycles. The van der Waals surface area contributed by atoms with E-state index in [4.69, 9.17) is 0 Å². The first-order valence-electron chi connectivity index (χ1n) is 9.21. The van der Waals surface area contributed by atoms with Crippen LogP contribution < -0.4 is 0 Å². The molecule has 1 aliphatic carbocycles. The lowest BCUT2D eigenvalue weighted by molar-refractivity contribution is -0.0457. The molecule has 2 aromatic rings. The van der Waals surface area contributed by atoms with Crippen molar-refractivity contribution in [3.8, 4) is 0 Å². The van der Waals surface area contributed by atoms with Gasteiger partial charge in [0.2, 0.25) is 5.92 Å². The molecule has 1 fully saturated rings. The average molecular weight is 414 g/mol. The van der Waals surface area contributed by atoms with Crippen LogP contribution in [0.1, 0.15) is 65.3 Å². The number of aryl methyl sites for hydroxylation is 1. The van der Waals surface area contributed by atoms with Crippen LogP contribution in [0.15, 0.2) is 12.1 Å². The lowest BCUT2D eigenvalue weighted by Gasteiger charge is -2.28. The molecular formula is C19H24F2N2O4S. The summed E-state index contributed by atoms with van der Waals surface area (Å²) in [7, 11) is -3.44. The van der Waals surface area contributed by atoms with Gasteiger partial charge >= 0.3 is 5.97 Å². The molecule has 0 aliphatic heterocycles.